The first-order valence-corrected chi connectivity index (χ1v) is 7.21. The maximum absolute atomic E-state index is 5.95. The quantitative estimate of drug-likeness (QED) is 0.881. The minimum Gasteiger partial charge on any atom is -0.371 e. The zero-order valence-corrected chi connectivity index (χ0v) is 11.5. The third kappa shape index (κ3) is 2.87. The first-order chi connectivity index (χ1) is 9.24. The normalized spacial score (nSPS) is 27.6. The molecule has 2 bridgehead atoms. The average Bonchev–Trinajstić information content (AvgIpc) is 2.78. The Balaban J connectivity index is 1.65. The van der Waals surface area contributed by atoms with Gasteiger partial charge in [-0.15, -0.1) is 0 Å². The first-order valence-electron chi connectivity index (χ1n) is 7.21. The summed E-state index contributed by atoms with van der Waals surface area (Å²) in [6.07, 6.45) is 8.74. The van der Waals surface area contributed by atoms with Gasteiger partial charge in [0, 0.05) is 31.5 Å². The molecule has 3 rings (SSSR count). The largest absolute Gasteiger partial charge is 0.371 e. The van der Waals surface area contributed by atoms with E-state index >= 15 is 0 Å². The van der Waals surface area contributed by atoms with Crippen LogP contribution in [0.4, 0.5) is 5.95 Å². The number of fused-ring (bicyclic) bond motifs is 2. The second-order valence-corrected chi connectivity index (χ2v) is 5.63. The topological polar surface area (TPSA) is 64.3 Å². The van der Waals surface area contributed by atoms with Crippen molar-refractivity contribution in [3.63, 3.8) is 0 Å². The van der Waals surface area contributed by atoms with Crippen molar-refractivity contribution in [1.29, 1.82) is 0 Å². The molecule has 0 spiro atoms. The maximum atomic E-state index is 5.95. The van der Waals surface area contributed by atoms with Crippen molar-refractivity contribution < 1.29 is 4.74 Å². The Hall–Kier alpha value is -1.20. The molecule has 1 aromatic rings. The predicted octanol–water partition coefficient (Wildman–Crippen LogP) is 1.12. The molecule has 0 aliphatic carbocycles. The lowest BCUT2D eigenvalue weighted by Gasteiger charge is -2.32. The number of ether oxygens (including phenoxy) is 1. The maximum Gasteiger partial charge on any atom is 0.225 e. The molecule has 3 unspecified atom stereocenters. The molecule has 0 saturated carbocycles. The van der Waals surface area contributed by atoms with Crippen LogP contribution in [0.1, 0.15) is 31.7 Å². The lowest BCUT2D eigenvalue weighted by atomic mass is 10.1. The van der Waals surface area contributed by atoms with Crippen LogP contribution in [0.2, 0.25) is 0 Å². The van der Waals surface area contributed by atoms with Gasteiger partial charge in [0.15, 0.2) is 0 Å². The molecule has 5 heteroatoms. The molecule has 0 aromatic carbocycles. The van der Waals surface area contributed by atoms with E-state index < -0.39 is 0 Å². The molecule has 19 heavy (non-hydrogen) atoms. The number of morpholine rings is 1. The Kier molecular flexibility index (Phi) is 3.66. The number of hydrogen-bond donors (Lipinski definition) is 1. The van der Waals surface area contributed by atoms with Crippen molar-refractivity contribution in [3.05, 3.63) is 18.0 Å². The Morgan fingerprint density at radius 3 is 2.53 bits per heavy atom. The second kappa shape index (κ2) is 5.43. The molecule has 2 N–H and O–H groups in total. The minimum atomic E-state index is 0.202. The van der Waals surface area contributed by atoms with Gasteiger partial charge in [-0.05, 0) is 31.2 Å². The van der Waals surface area contributed by atoms with Crippen LogP contribution in [0.5, 0.6) is 0 Å². The predicted molar refractivity (Wildman–Crippen MR) is 74.1 cm³/mol. The number of hydrogen-bond acceptors (Lipinski definition) is 5. The summed E-state index contributed by atoms with van der Waals surface area (Å²) in [5.41, 5.74) is 7.07. The van der Waals surface area contributed by atoms with E-state index in [-0.39, 0.29) is 6.04 Å². The summed E-state index contributed by atoms with van der Waals surface area (Å²) in [5.74, 6) is 0.828. The Bertz CT molecular complexity index is 410. The molecule has 1 aromatic heterocycles. The van der Waals surface area contributed by atoms with Gasteiger partial charge in [0.2, 0.25) is 5.95 Å². The molecule has 104 valence electrons. The number of anilines is 1. The Morgan fingerprint density at radius 2 is 1.95 bits per heavy atom. The Morgan fingerprint density at radius 1 is 1.32 bits per heavy atom. The summed E-state index contributed by atoms with van der Waals surface area (Å²) >= 11 is 0. The summed E-state index contributed by atoms with van der Waals surface area (Å²) in [4.78, 5) is 11.2. The van der Waals surface area contributed by atoms with Crippen LogP contribution in [0.3, 0.4) is 0 Å². The van der Waals surface area contributed by atoms with Crippen molar-refractivity contribution in [2.75, 3.05) is 18.0 Å². The average molecular weight is 262 g/mol. The first kappa shape index (κ1) is 12.8. The van der Waals surface area contributed by atoms with Crippen LogP contribution >= 0.6 is 0 Å². The highest BCUT2D eigenvalue weighted by molar-refractivity contribution is 5.32. The fraction of sp³-hybridized carbons (Fsp3) is 0.714. The standard InChI is InChI=1S/C14H22N4O/c1-2-11(15)5-10-6-16-14(17-7-10)18-8-12-3-4-13(9-18)19-12/h6-7,11-13H,2-5,8-9,15H2,1H3. The highest BCUT2D eigenvalue weighted by atomic mass is 16.5. The highest BCUT2D eigenvalue weighted by Crippen LogP contribution is 2.27. The van der Waals surface area contributed by atoms with Gasteiger partial charge in [-0.3, -0.25) is 0 Å². The van der Waals surface area contributed by atoms with E-state index in [2.05, 4.69) is 21.8 Å². The summed E-state index contributed by atoms with van der Waals surface area (Å²) in [5, 5.41) is 0. The number of aromatic nitrogens is 2. The van der Waals surface area contributed by atoms with Crippen LogP contribution in [0.15, 0.2) is 12.4 Å². The number of nitrogens with two attached hydrogens (primary N) is 1. The van der Waals surface area contributed by atoms with Gasteiger partial charge in [0.25, 0.3) is 0 Å². The number of rotatable bonds is 4. The molecular formula is C14H22N4O. The molecule has 0 radical (unpaired) electrons. The van der Waals surface area contributed by atoms with E-state index in [1.165, 1.54) is 12.8 Å². The van der Waals surface area contributed by atoms with Gasteiger partial charge in [-0.1, -0.05) is 6.92 Å². The van der Waals surface area contributed by atoms with Gasteiger partial charge in [0.05, 0.1) is 12.2 Å². The third-order valence-corrected chi connectivity index (χ3v) is 4.04. The molecule has 2 fully saturated rings. The summed E-state index contributed by atoms with van der Waals surface area (Å²) < 4.78 is 5.83. The molecule has 2 saturated heterocycles. The third-order valence-electron chi connectivity index (χ3n) is 4.04. The van der Waals surface area contributed by atoms with E-state index in [1.54, 1.807) is 0 Å². The van der Waals surface area contributed by atoms with E-state index in [1.807, 2.05) is 12.4 Å². The van der Waals surface area contributed by atoms with Crippen molar-refractivity contribution in [2.24, 2.45) is 5.73 Å². The minimum absolute atomic E-state index is 0.202. The smallest absolute Gasteiger partial charge is 0.225 e. The van der Waals surface area contributed by atoms with Crippen LogP contribution < -0.4 is 10.6 Å². The van der Waals surface area contributed by atoms with Crippen molar-refractivity contribution in [3.8, 4) is 0 Å². The molecule has 2 aliphatic rings. The zero-order valence-electron chi connectivity index (χ0n) is 11.5. The van der Waals surface area contributed by atoms with Gasteiger partial charge in [-0.2, -0.15) is 0 Å². The molecule has 3 atom stereocenters. The monoisotopic (exact) mass is 262 g/mol. The fourth-order valence-corrected chi connectivity index (χ4v) is 2.84. The van der Waals surface area contributed by atoms with Gasteiger partial charge in [-0.25, -0.2) is 9.97 Å². The van der Waals surface area contributed by atoms with Crippen LogP contribution in [0.25, 0.3) is 0 Å². The SMILES string of the molecule is CCC(N)Cc1cnc(N2CC3CCC(C2)O3)nc1. The van der Waals surface area contributed by atoms with Crippen LogP contribution in [-0.4, -0.2) is 41.3 Å². The number of nitrogens with zero attached hydrogens (tertiary/aromatic N) is 3. The van der Waals surface area contributed by atoms with E-state index in [0.717, 1.165) is 37.4 Å². The fourth-order valence-electron chi connectivity index (χ4n) is 2.84. The van der Waals surface area contributed by atoms with Crippen molar-refractivity contribution in [2.45, 2.75) is 50.9 Å². The van der Waals surface area contributed by atoms with E-state index in [9.17, 15) is 0 Å². The van der Waals surface area contributed by atoms with E-state index in [0.29, 0.717) is 12.2 Å². The summed E-state index contributed by atoms with van der Waals surface area (Å²) in [6, 6.07) is 0.202. The van der Waals surface area contributed by atoms with Crippen LogP contribution in [0, 0.1) is 0 Å². The summed E-state index contributed by atoms with van der Waals surface area (Å²) in [7, 11) is 0. The lowest BCUT2D eigenvalue weighted by Crippen LogP contribution is -2.43. The second-order valence-electron chi connectivity index (χ2n) is 5.63. The molecule has 0 amide bonds. The molecule has 2 aliphatic heterocycles. The van der Waals surface area contributed by atoms with Gasteiger partial charge >= 0.3 is 0 Å². The lowest BCUT2D eigenvalue weighted by molar-refractivity contribution is 0.0299. The van der Waals surface area contributed by atoms with Gasteiger partial charge in [0.1, 0.15) is 0 Å². The van der Waals surface area contributed by atoms with Crippen LogP contribution in [-0.2, 0) is 11.2 Å². The molecular weight excluding hydrogens is 240 g/mol. The molecule has 5 nitrogen and oxygen atoms in total. The zero-order chi connectivity index (χ0) is 13.2. The Labute approximate surface area is 114 Å². The van der Waals surface area contributed by atoms with Crippen molar-refractivity contribution >= 4 is 5.95 Å². The van der Waals surface area contributed by atoms with Crippen molar-refractivity contribution in [1.82, 2.24) is 9.97 Å². The molecule has 3 heterocycles. The van der Waals surface area contributed by atoms with E-state index in [4.69, 9.17) is 10.5 Å². The summed E-state index contributed by atoms with van der Waals surface area (Å²) in [6.45, 7) is 3.94. The highest BCUT2D eigenvalue weighted by Gasteiger charge is 2.34. The van der Waals surface area contributed by atoms with Gasteiger partial charge < -0.3 is 15.4 Å².